The summed E-state index contributed by atoms with van der Waals surface area (Å²) in [6.45, 7) is 1.42. The fraction of sp³-hybridized carbons (Fsp3) is 0.600. The van der Waals surface area contributed by atoms with Crippen LogP contribution >= 0.6 is 12.4 Å². The molecule has 1 aromatic rings. The molecule has 0 aliphatic carbocycles. The minimum absolute atomic E-state index is 0. The molecule has 0 amide bonds. The highest BCUT2D eigenvalue weighted by atomic mass is 35.5. The fourth-order valence-corrected chi connectivity index (χ4v) is 5.36. The standard InChI is InChI=1S/C15H19F3N2O2S.ClH/c16-15(17,18)9-11-1-5-14(6-2-11)23(21,22)20-12-3-4-13(20)10-19-8-7-12;/h1-2,5-6,12-13,19H,3-4,7-10H2;1H. The smallest absolute Gasteiger partial charge is 0.315 e. The van der Waals surface area contributed by atoms with Gasteiger partial charge in [-0.15, -0.1) is 12.4 Å². The number of nitrogens with zero attached hydrogens (tertiary/aromatic N) is 1. The molecule has 4 nitrogen and oxygen atoms in total. The lowest BCUT2D eigenvalue weighted by Crippen LogP contribution is -2.42. The summed E-state index contributed by atoms with van der Waals surface area (Å²) in [5, 5.41) is 3.24. The zero-order valence-corrected chi connectivity index (χ0v) is 14.6. The topological polar surface area (TPSA) is 49.4 Å². The van der Waals surface area contributed by atoms with E-state index in [9.17, 15) is 21.6 Å². The van der Waals surface area contributed by atoms with Gasteiger partial charge < -0.3 is 5.32 Å². The largest absolute Gasteiger partial charge is 0.393 e. The number of rotatable bonds is 3. The van der Waals surface area contributed by atoms with Crippen molar-refractivity contribution in [1.29, 1.82) is 0 Å². The summed E-state index contributed by atoms with van der Waals surface area (Å²) in [7, 11) is -3.67. The first-order chi connectivity index (χ1) is 10.8. The molecule has 9 heteroatoms. The zero-order valence-electron chi connectivity index (χ0n) is 12.9. The van der Waals surface area contributed by atoms with E-state index in [-0.39, 0.29) is 34.9 Å². The van der Waals surface area contributed by atoms with Crippen molar-refractivity contribution in [2.75, 3.05) is 13.1 Å². The molecule has 24 heavy (non-hydrogen) atoms. The van der Waals surface area contributed by atoms with E-state index < -0.39 is 22.6 Å². The highest BCUT2D eigenvalue weighted by molar-refractivity contribution is 7.89. The van der Waals surface area contributed by atoms with Crippen molar-refractivity contribution in [1.82, 2.24) is 9.62 Å². The number of hydrogen-bond acceptors (Lipinski definition) is 3. The van der Waals surface area contributed by atoms with E-state index in [0.29, 0.717) is 6.54 Å². The van der Waals surface area contributed by atoms with Crippen LogP contribution in [0.4, 0.5) is 13.2 Å². The average Bonchev–Trinajstić information content (AvgIpc) is 2.71. The molecule has 136 valence electrons. The van der Waals surface area contributed by atoms with Crippen LogP contribution in [0.25, 0.3) is 0 Å². The zero-order chi connectivity index (χ0) is 16.7. The number of sulfonamides is 1. The maximum absolute atomic E-state index is 12.9. The summed E-state index contributed by atoms with van der Waals surface area (Å²) < 4.78 is 64.5. The van der Waals surface area contributed by atoms with Crippen molar-refractivity contribution in [3.63, 3.8) is 0 Å². The molecule has 1 N–H and O–H groups in total. The van der Waals surface area contributed by atoms with Gasteiger partial charge in [0, 0.05) is 18.6 Å². The lowest BCUT2D eigenvalue weighted by atomic mass is 10.1. The maximum Gasteiger partial charge on any atom is 0.393 e. The first kappa shape index (κ1) is 19.5. The van der Waals surface area contributed by atoms with Gasteiger partial charge in [-0.25, -0.2) is 8.42 Å². The molecule has 2 atom stereocenters. The van der Waals surface area contributed by atoms with Gasteiger partial charge in [0.15, 0.2) is 0 Å². The quantitative estimate of drug-likeness (QED) is 0.871. The molecule has 2 aliphatic heterocycles. The van der Waals surface area contributed by atoms with Gasteiger partial charge in [-0.3, -0.25) is 0 Å². The third-order valence-electron chi connectivity index (χ3n) is 4.49. The van der Waals surface area contributed by atoms with Gasteiger partial charge in [-0.1, -0.05) is 12.1 Å². The number of alkyl halides is 3. The van der Waals surface area contributed by atoms with Crippen molar-refractivity contribution in [3.05, 3.63) is 29.8 Å². The third-order valence-corrected chi connectivity index (χ3v) is 6.51. The Kier molecular flexibility index (Phi) is 5.84. The molecule has 0 spiro atoms. The summed E-state index contributed by atoms with van der Waals surface area (Å²) in [5.74, 6) is 0. The molecule has 2 saturated heterocycles. The van der Waals surface area contributed by atoms with Crippen LogP contribution in [0.5, 0.6) is 0 Å². The molecule has 2 heterocycles. The Bertz CT molecular complexity index is 650. The van der Waals surface area contributed by atoms with Crippen LogP contribution in [0.15, 0.2) is 29.2 Å². The van der Waals surface area contributed by atoms with E-state index in [0.717, 1.165) is 25.8 Å². The second kappa shape index (κ2) is 7.19. The number of nitrogens with one attached hydrogen (secondary N) is 1. The van der Waals surface area contributed by atoms with Crippen molar-refractivity contribution < 1.29 is 21.6 Å². The Morgan fingerprint density at radius 1 is 1.08 bits per heavy atom. The Morgan fingerprint density at radius 2 is 1.71 bits per heavy atom. The Labute approximate surface area is 145 Å². The molecule has 0 radical (unpaired) electrons. The molecule has 2 unspecified atom stereocenters. The number of halogens is 4. The van der Waals surface area contributed by atoms with Crippen molar-refractivity contribution in [2.45, 2.75) is 48.8 Å². The van der Waals surface area contributed by atoms with E-state index in [1.807, 2.05) is 0 Å². The second-order valence-corrected chi connectivity index (χ2v) is 7.99. The van der Waals surface area contributed by atoms with E-state index >= 15 is 0 Å². The molecule has 2 fully saturated rings. The molecular weight excluding hydrogens is 365 g/mol. The first-order valence-corrected chi connectivity index (χ1v) is 9.11. The lowest BCUT2D eigenvalue weighted by Gasteiger charge is -2.27. The Hall–Kier alpha value is -0.830. The second-order valence-electron chi connectivity index (χ2n) is 6.15. The number of benzene rings is 1. The summed E-state index contributed by atoms with van der Waals surface area (Å²) in [6.07, 6.45) is -2.91. The van der Waals surface area contributed by atoms with Gasteiger partial charge in [-0.05, 0) is 43.5 Å². The fourth-order valence-electron chi connectivity index (χ4n) is 3.46. The predicted octanol–water partition coefficient (Wildman–Crippen LogP) is 2.73. The summed E-state index contributed by atoms with van der Waals surface area (Å²) >= 11 is 0. The summed E-state index contributed by atoms with van der Waals surface area (Å²) in [4.78, 5) is 0.0715. The van der Waals surface area contributed by atoms with Gasteiger partial charge in [-0.2, -0.15) is 17.5 Å². The molecule has 2 aliphatic rings. The van der Waals surface area contributed by atoms with Gasteiger partial charge in [0.1, 0.15) is 0 Å². The molecular formula is C15H20ClF3N2O2S. The van der Waals surface area contributed by atoms with Crippen LogP contribution in [0.3, 0.4) is 0 Å². The van der Waals surface area contributed by atoms with E-state index in [4.69, 9.17) is 0 Å². The molecule has 3 rings (SSSR count). The van der Waals surface area contributed by atoms with Crippen LogP contribution in [-0.4, -0.2) is 44.1 Å². The third kappa shape index (κ3) is 4.04. The lowest BCUT2D eigenvalue weighted by molar-refractivity contribution is -0.127. The highest BCUT2D eigenvalue weighted by Gasteiger charge is 2.43. The first-order valence-electron chi connectivity index (χ1n) is 7.67. The predicted molar refractivity (Wildman–Crippen MR) is 86.8 cm³/mol. The van der Waals surface area contributed by atoms with E-state index in [1.165, 1.54) is 24.3 Å². The molecule has 1 aromatic carbocycles. The van der Waals surface area contributed by atoms with Gasteiger partial charge in [0.25, 0.3) is 0 Å². The van der Waals surface area contributed by atoms with Crippen LogP contribution in [0.2, 0.25) is 0 Å². The average molecular weight is 385 g/mol. The van der Waals surface area contributed by atoms with Gasteiger partial charge in [0.2, 0.25) is 10.0 Å². The summed E-state index contributed by atoms with van der Waals surface area (Å²) in [6, 6.07) is 4.98. The van der Waals surface area contributed by atoms with Gasteiger partial charge >= 0.3 is 6.18 Å². The highest BCUT2D eigenvalue weighted by Crippen LogP contribution is 2.34. The normalized spacial score (nSPS) is 25.1. The Morgan fingerprint density at radius 3 is 2.33 bits per heavy atom. The number of hydrogen-bond donors (Lipinski definition) is 1. The van der Waals surface area contributed by atoms with Crippen LogP contribution in [0, 0.1) is 0 Å². The minimum Gasteiger partial charge on any atom is -0.315 e. The van der Waals surface area contributed by atoms with Crippen molar-refractivity contribution in [2.24, 2.45) is 0 Å². The van der Waals surface area contributed by atoms with E-state index in [2.05, 4.69) is 5.32 Å². The van der Waals surface area contributed by atoms with E-state index in [1.54, 1.807) is 4.31 Å². The van der Waals surface area contributed by atoms with Crippen LogP contribution in [0.1, 0.15) is 24.8 Å². The van der Waals surface area contributed by atoms with Crippen LogP contribution in [-0.2, 0) is 16.4 Å². The van der Waals surface area contributed by atoms with Gasteiger partial charge in [0.05, 0.1) is 11.3 Å². The minimum atomic E-state index is -4.30. The SMILES string of the molecule is Cl.O=S(=O)(c1ccc(CC(F)(F)F)cc1)N1C2CCNCC1CC2. The molecule has 2 bridgehead atoms. The van der Waals surface area contributed by atoms with Crippen LogP contribution < -0.4 is 5.32 Å². The molecule has 0 aromatic heterocycles. The van der Waals surface area contributed by atoms with Crippen molar-refractivity contribution >= 4 is 22.4 Å². The molecule has 0 saturated carbocycles. The number of fused-ring (bicyclic) bond motifs is 2. The van der Waals surface area contributed by atoms with Crippen molar-refractivity contribution in [3.8, 4) is 0 Å². The monoisotopic (exact) mass is 384 g/mol. The maximum atomic E-state index is 12.9. The summed E-state index contributed by atoms with van der Waals surface area (Å²) in [5.41, 5.74) is 0.0666. The Balaban J connectivity index is 0.00000208.